The lowest BCUT2D eigenvalue weighted by Crippen LogP contribution is -2.31. The molecular weight excluding hydrogens is 262 g/mol. The minimum atomic E-state index is -0.789. The van der Waals surface area contributed by atoms with Crippen LogP contribution in [0.3, 0.4) is 0 Å². The maximum absolute atomic E-state index is 12.9. The largest absolute Gasteiger partial charge is 0.294 e. The number of benzene rings is 1. The van der Waals surface area contributed by atoms with E-state index in [0.29, 0.717) is 24.8 Å². The molecule has 0 saturated carbocycles. The summed E-state index contributed by atoms with van der Waals surface area (Å²) in [6, 6.07) is 15.1. The van der Waals surface area contributed by atoms with Gasteiger partial charge >= 0.3 is 0 Å². The molecule has 0 aliphatic carbocycles. The minimum Gasteiger partial charge on any atom is -0.294 e. The standard InChI is InChI=1S/C17H17N3O/c18-12-4-9-17(10-5-13-19,11-6-14-20)16(21)15-7-2-1-3-8-15/h1-3,7-8H,4-6,9-11H2. The minimum absolute atomic E-state index is 0.0659. The van der Waals surface area contributed by atoms with Gasteiger partial charge in [-0.25, -0.2) is 0 Å². The number of nitriles is 3. The van der Waals surface area contributed by atoms with Crippen molar-refractivity contribution >= 4 is 5.78 Å². The van der Waals surface area contributed by atoms with Crippen molar-refractivity contribution in [1.29, 1.82) is 15.8 Å². The first kappa shape index (κ1) is 16.4. The Morgan fingerprint density at radius 2 is 1.29 bits per heavy atom. The van der Waals surface area contributed by atoms with Crippen molar-refractivity contribution in [2.75, 3.05) is 0 Å². The molecule has 1 rings (SSSR count). The molecule has 0 N–H and O–H groups in total. The van der Waals surface area contributed by atoms with Gasteiger partial charge in [0.05, 0.1) is 18.2 Å². The van der Waals surface area contributed by atoms with Gasteiger partial charge in [0.15, 0.2) is 5.78 Å². The van der Waals surface area contributed by atoms with Crippen LogP contribution in [0.4, 0.5) is 0 Å². The van der Waals surface area contributed by atoms with Crippen molar-refractivity contribution in [3.63, 3.8) is 0 Å². The predicted molar refractivity (Wildman–Crippen MR) is 77.7 cm³/mol. The lowest BCUT2D eigenvalue weighted by atomic mass is 9.70. The van der Waals surface area contributed by atoms with Crippen LogP contribution in [0.15, 0.2) is 30.3 Å². The Bertz CT molecular complexity index is 542. The normalized spacial score (nSPS) is 10.1. The number of carbonyl (C=O) groups is 1. The summed E-state index contributed by atoms with van der Waals surface area (Å²) in [5.41, 5.74) is -0.214. The molecule has 0 spiro atoms. The maximum Gasteiger partial charge on any atom is 0.169 e. The van der Waals surface area contributed by atoms with Crippen LogP contribution in [0.1, 0.15) is 48.9 Å². The van der Waals surface area contributed by atoms with Gasteiger partial charge in [0.1, 0.15) is 0 Å². The summed E-state index contributed by atoms with van der Waals surface area (Å²) in [6.07, 6.45) is 1.90. The summed E-state index contributed by atoms with van der Waals surface area (Å²) in [4.78, 5) is 12.9. The first-order chi connectivity index (χ1) is 10.2. The van der Waals surface area contributed by atoms with E-state index in [1.807, 2.05) is 6.07 Å². The fraction of sp³-hybridized carbons (Fsp3) is 0.412. The van der Waals surface area contributed by atoms with E-state index in [-0.39, 0.29) is 25.0 Å². The molecule has 0 amide bonds. The maximum atomic E-state index is 12.9. The lowest BCUT2D eigenvalue weighted by molar-refractivity contribution is 0.0746. The van der Waals surface area contributed by atoms with E-state index in [2.05, 4.69) is 18.2 Å². The second-order valence-corrected chi connectivity index (χ2v) is 4.95. The molecule has 4 nitrogen and oxygen atoms in total. The van der Waals surface area contributed by atoms with Gasteiger partial charge in [0.2, 0.25) is 0 Å². The van der Waals surface area contributed by atoms with Crippen LogP contribution >= 0.6 is 0 Å². The highest BCUT2D eigenvalue weighted by Crippen LogP contribution is 2.38. The molecular formula is C17H17N3O. The van der Waals surface area contributed by atoms with Crippen LogP contribution in [0.5, 0.6) is 0 Å². The topological polar surface area (TPSA) is 88.4 Å². The highest BCUT2D eigenvalue weighted by molar-refractivity contribution is 6.00. The Morgan fingerprint density at radius 3 is 1.67 bits per heavy atom. The Morgan fingerprint density at radius 1 is 0.857 bits per heavy atom. The van der Waals surface area contributed by atoms with E-state index in [1.54, 1.807) is 24.3 Å². The van der Waals surface area contributed by atoms with Crippen molar-refractivity contribution in [3.8, 4) is 18.2 Å². The molecule has 0 unspecified atom stereocenters. The fourth-order valence-corrected chi connectivity index (χ4v) is 2.50. The molecule has 21 heavy (non-hydrogen) atoms. The molecule has 0 aliphatic heterocycles. The summed E-state index contributed by atoms with van der Waals surface area (Å²) in [7, 11) is 0. The Balaban J connectivity index is 3.13. The van der Waals surface area contributed by atoms with Crippen LogP contribution < -0.4 is 0 Å². The van der Waals surface area contributed by atoms with E-state index >= 15 is 0 Å². The van der Waals surface area contributed by atoms with Crippen molar-refractivity contribution in [2.45, 2.75) is 38.5 Å². The molecule has 0 radical (unpaired) electrons. The SMILES string of the molecule is N#CCCC(CCC#N)(CCC#N)C(=O)c1ccccc1. The third-order valence-electron chi connectivity index (χ3n) is 3.66. The number of carbonyl (C=O) groups excluding carboxylic acids is 1. The van der Waals surface area contributed by atoms with E-state index in [9.17, 15) is 4.79 Å². The average molecular weight is 279 g/mol. The highest BCUT2D eigenvalue weighted by Gasteiger charge is 2.37. The van der Waals surface area contributed by atoms with Crippen LogP contribution in [-0.4, -0.2) is 5.78 Å². The molecule has 0 atom stereocenters. The zero-order valence-corrected chi connectivity index (χ0v) is 11.9. The second-order valence-electron chi connectivity index (χ2n) is 4.95. The van der Waals surface area contributed by atoms with Gasteiger partial charge in [-0.05, 0) is 19.3 Å². The van der Waals surface area contributed by atoms with Crippen molar-refractivity contribution in [3.05, 3.63) is 35.9 Å². The van der Waals surface area contributed by atoms with Crippen LogP contribution in [-0.2, 0) is 0 Å². The van der Waals surface area contributed by atoms with Gasteiger partial charge in [-0.3, -0.25) is 4.79 Å². The zero-order chi connectivity index (χ0) is 15.6. The molecule has 1 aromatic carbocycles. The monoisotopic (exact) mass is 279 g/mol. The number of Topliss-reactive ketones (excluding diaryl/α,β-unsaturated/α-hetero) is 1. The number of ketones is 1. The summed E-state index contributed by atoms with van der Waals surface area (Å²) < 4.78 is 0. The molecule has 1 aromatic rings. The summed E-state index contributed by atoms with van der Waals surface area (Å²) in [6.45, 7) is 0. The molecule has 0 fully saturated rings. The van der Waals surface area contributed by atoms with Gasteiger partial charge < -0.3 is 0 Å². The molecule has 0 aliphatic rings. The van der Waals surface area contributed by atoms with E-state index in [0.717, 1.165) is 0 Å². The number of hydrogen-bond donors (Lipinski definition) is 0. The predicted octanol–water partition coefficient (Wildman–Crippen LogP) is 3.77. The van der Waals surface area contributed by atoms with E-state index in [1.165, 1.54) is 0 Å². The smallest absolute Gasteiger partial charge is 0.169 e. The summed E-state index contributed by atoms with van der Waals surface area (Å²) in [5.74, 6) is -0.0659. The zero-order valence-electron chi connectivity index (χ0n) is 11.9. The van der Waals surface area contributed by atoms with Crippen LogP contribution in [0.2, 0.25) is 0 Å². The third kappa shape index (κ3) is 4.44. The number of nitrogens with zero attached hydrogens (tertiary/aromatic N) is 3. The van der Waals surface area contributed by atoms with Gasteiger partial charge in [-0.1, -0.05) is 30.3 Å². The van der Waals surface area contributed by atoms with Gasteiger partial charge in [-0.2, -0.15) is 15.8 Å². The molecule has 0 aromatic heterocycles. The van der Waals surface area contributed by atoms with Crippen LogP contribution in [0, 0.1) is 39.4 Å². The third-order valence-corrected chi connectivity index (χ3v) is 3.66. The van der Waals surface area contributed by atoms with E-state index < -0.39 is 5.41 Å². The molecule has 4 heteroatoms. The Kier molecular flexibility index (Phi) is 6.66. The van der Waals surface area contributed by atoms with Crippen molar-refractivity contribution in [2.24, 2.45) is 5.41 Å². The lowest BCUT2D eigenvalue weighted by Gasteiger charge is -2.30. The van der Waals surface area contributed by atoms with Gasteiger partial charge in [0.25, 0.3) is 0 Å². The van der Waals surface area contributed by atoms with Crippen molar-refractivity contribution in [1.82, 2.24) is 0 Å². The molecule has 106 valence electrons. The second kappa shape index (κ2) is 8.51. The Hall–Kier alpha value is -2.64. The summed E-state index contributed by atoms with van der Waals surface area (Å²) in [5, 5.41) is 26.5. The number of rotatable bonds is 8. The van der Waals surface area contributed by atoms with Crippen molar-refractivity contribution < 1.29 is 4.79 Å². The Labute approximate surface area is 125 Å². The fourth-order valence-electron chi connectivity index (χ4n) is 2.50. The molecule has 0 bridgehead atoms. The van der Waals surface area contributed by atoms with Gasteiger partial charge in [-0.15, -0.1) is 0 Å². The first-order valence-electron chi connectivity index (χ1n) is 6.91. The molecule has 0 heterocycles. The van der Waals surface area contributed by atoms with E-state index in [4.69, 9.17) is 15.8 Å². The molecule has 0 saturated heterocycles. The number of hydrogen-bond acceptors (Lipinski definition) is 4. The first-order valence-corrected chi connectivity index (χ1v) is 6.91. The average Bonchev–Trinajstić information content (AvgIpc) is 2.55. The van der Waals surface area contributed by atoms with Gasteiger partial charge in [0, 0.05) is 30.2 Å². The quantitative estimate of drug-likeness (QED) is 0.677. The summed E-state index contributed by atoms with van der Waals surface area (Å²) >= 11 is 0. The van der Waals surface area contributed by atoms with Crippen LogP contribution in [0.25, 0.3) is 0 Å². The highest BCUT2D eigenvalue weighted by atomic mass is 16.1.